The van der Waals surface area contributed by atoms with Crippen LogP contribution >= 0.6 is 0 Å². The van der Waals surface area contributed by atoms with Crippen molar-refractivity contribution in [3.8, 4) is 0 Å². The molecule has 2 aromatic rings. The number of nitrogens with zero attached hydrogens (tertiary/aromatic N) is 3. The second kappa shape index (κ2) is 8.91. The summed E-state index contributed by atoms with van der Waals surface area (Å²) in [4.78, 5) is 26.2. The molecule has 11 heteroatoms. The van der Waals surface area contributed by atoms with E-state index in [1.54, 1.807) is 26.0 Å². The number of aromatic nitrogens is 3. The van der Waals surface area contributed by atoms with Crippen LogP contribution in [-0.4, -0.2) is 68.4 Å². The van der Waals surface area contributed by atoms with E-state index in [-0.39, 0.29) is 37.0 Å². The maximum absolute atomic E-state index is 12.7. The first-order valence-corrected chi connectivity index (χ1v) is 10.8. The van der Waals surface area contributed by atoms with E-state index < -0.39 is 11.8 Å². The van der Waals surface area contributed by atoms with Crippen molar-refractivity contribution in [2.24, 2.45) is 0 Å². The van der Waals surface area contributed by atoms with Crippen LogP contribution in [0.5, 0.6) is 0 Å². The lowest BCUT2D eigenvalue weighted by Crippen LogP contribution is -2.61. The van der Waals surface area contributed by atoms with Crippen molar-refractivity contribution >= 4 is 17.8 Å². The molecule has 0 radical (unpaired) electrons. The van der Waals surface area contributed by atoms with Gasteiger partial charge in [0.15, 0.2) is 11.5 Å². The number of carbonyl (C=O) groups is 2. The summed E-state index contributed by atoms with van der Waals surface area (Å²) in [6.07, 6.45) is 1.46. The number of aliphatic hydroxyl groups is 1. The summed E-state index contributed by atoms with van der Waals surface area (Å²) < 4.78 is 16.1. The van der Waals surface area contributed by atoms with Crippen LogP contribution in [0.25, 0.3) is 0 Å². The second-order valence-corrected chi connectivity index (χ2v) is 8.83. The number of hydrogen-bond donors (Lipinski definition) is 3. The SMILES string of the molecule is Cc1cc(CC(=O)Nc2cc([C@H]3CC[C@@H](OC(=O)N4[C@@H](C)COCC4(C)O)C3)[nH]n2)on1. The maximum atomic E-state index is 12.7. The zero-order valence-corrected chi connectivity index (χ0v) is 18.5. The van der Waals surface area contributed by atoms with Gasteiger partial charge < -0.3 is 24.4 Å². The number of morpholine rings is 1. The van der Waals surface area contributed by atoms with E-state index in [0.29, 0.717) is 31.0 Å². The second-order valence-electron chi connectivity index (χ2n) is 8.83. The van der Waals surface area contributed by atoms with E-state index in [4.69, 9.17) is 14.0 Å². The lowest BCUT2D eigenvalue weighted by molar-refractivity contribution is -0.185. The molecular formula is C21H29N5O6. The van der Waals surface area contributed by atoms with E-state index in [1.165, 1.54) is 4.90 Å². The molecule has 0 bridgehead atoms. The van der Waals surface area contributed by atoms with Gasteiger partial charge in [-0.15, -0.1) is 0 Å². The van der Waals surface area contributed by atoms with Gasteiger partial charge in [-0.3, -0.25) is 14.8 Å². The number of aryl methyl sites for hydroxylation is 1. The zero-order chi connectivity index (χ0) is 22.9. The Morgan fingerprint density at radius 3 is 2.94 bits per heavy atom. The Hall–Kier alpha value is -2.92. The molecule has 1 aliphatic heterocycles. The Balaban J connectivity index is 1.29. The highest BCUT2D eigenvalue weighted by atomic mass is 16.6. The van der Waals surface area contributed by atoms with Crippen LogP contribution in [0.15, 0.2) is 16.7 Å². The van der Waals surface area contributed by atoms with Crippen LogP contribution in [0, 0.1) is 6.92 Å². The van der Waals surface area contributed by atoms with E-state index in [9.17, 15) is 14.7 Å². The molecule has 2 aliphatic rings. The quantitative estimate of drug-likeness (QED) is 0.632. The molecular weight excluding hydrogens is 418 g/mol. The molecule has 0 spiro atoms. The summed E-state index contributed by atoms with van der Waals surface area (Å²) in [5.41, 5.74) is 0.201. The van der Waals surface area contributed by atoms with Gasteiger partial charge in [-0.05, 0) is 40.0 Å². The van der Waals surface area contributed by atoms with E-state index >= 15 is 0 Å². The van der Waals surface area contributed by atoms with Gasteiger partial charge in [-0.25, -0.2) is 4.79 Å². The van der Waals surface area contributed by atoms with Crippen LogP contribution < -0.4 is 5.32 Å². The van der Waals surface area contributed by atoms with Gasteiger partial charge >= 0.3 is 6.09 Å². The first-order valence-electron chi connectivity index (χ1n) is 10.8. The van der Waals surface area contributed by atoms with Gasteiger partial charge in [0.25, 0.3) is 0 Å². The van der Waals surface area contributed by atoms with Crippen LogP contribution in [-0.2, 0) is 20.7 Å². The van der Waals surface area contributed by atoms with Crippen molar-refractivity contribution < 1.29 is 28.7 Å². The largest absolute Gasteiger partial charge is 0.446 e. The number of nitrogens with one attached hydrogen (secondary N) is 2. The predicted molar refractivity (Wildman–Crippen MR) is 112 cm³/mol. The van der Waals surface area contributed by atoms with Crippen molar-refractivity contribution in [1.29, 1.82) is 0 Å². The normalized spacial score (nSPS) is 28.0. The third-order valence-corrected chi connectivity index (χ3v) is 5.86. The highest BCUT2D eigenvalue weighted by Crippen LogP contribution is 2.36. The molecule has 4 atom stereocenters. The van der Waals surface area contributed by atoms with Crippen LogP contribution in [0.1, 0.15) is 56.2 Å². The zero-order valence-electron chi connectivity index (χ0n) is 18.5. The van der Waals surface area contributed by atoms with Crippen molar-refractivity contribution in [3.63, 3.8) is 0 Å². The average Bonchev–Trinajstić information content (AvgIpc) is 3.43. The molecule has 1 saturated heterocycles. The number of ether oxygens (including phenoxy) is 2. The molecule has 3 N–H and O–H groups in total. The summed E-state index contributed by atoms with van der Waals surface area (Å²) >= 11 is 0. The molecule has 4 rings (SSSR count). The Morgan fingerprint density at radius 1 is 1.41 bits per heavy atom. The van der Waals surface area contributed by atoms with Gasteiger partial charge in [-0.1, -0.05) is 5.16 Å². The molecule has 0 aromatic carbocycles. The fourth-order valence-electron chi connectivity index (χ4n) is 4.40. The molecule has 3 heterocycles. The van der Waals surface area contributed by atoms with E-state index in [2.05, 4.69) is 20.7 Å². The molecule has 11 nitrogen and oxygen atoms in total. The fraction of sp³-hybridized carbons (Fsp3) is 0.619. The Kier molecular flexibility index (Phi) is 6.20. The van der Waals surface area contributed by atoms with Crippen LogP contribution in [0.4, 0.5) is 10.6 Å². The lowest BCUT2D eigenvalue weighted by atomic mass is 10.0. The van der Waals surface area contributed by atoms with Gasteiger partial charge in [-0.2, -0.15) is 5.10 Å². The van der Waals surface area contributed by atoms with Gasteiger partial charge in [0.05, 0.1) is 31.4 Å². The monoisotopic (exact) mass is 447 g/mol. The smallest absolute Gasteiger partial charge is 0.412 e. The maximum Gasteiger partial charge on any atom is 0.412 e. The number of hydrogen-bond acceptors (Lipinski definition) is 8. The molecule has 32 heavy (non-hydrogen) atoms. The first kappa shape index (κ1) is 22.3. The molecule has 2 fully saturated rings. The molecule has 174 valence electrons. The average molecular weight is 447 g/mol. The minimum Gasteiger partial charge on any atom is -0.446 e. The Morgan fingerprint density at radius 2 is 2.22 bits per heavy atom. The number of carbonyl (C=O) groups excluding carboxylic acids is 2. The van der Waals surface area contributed by atoms with Crippen molar-refractivity contribution in [3.05, 3.63) is 29.3 Å². The van der Waals surface area contributed by atoms with Crippen molar-refractivity contribution in [2.45, 2.75) is 70.2 Å². The summed E-state index contributed by atoms with van der Waals surface area (Å²) in [7, 11) is 0. The molecule has 1 unspecified atom stereocenters. The highest BCUT2D eigenvalue weighted by molar-refractivity contribution is 5.91. The van der Waals surface area contributed by atoms with E-state index in [0.717, 1.165) is 17.8 Å². The van der Waals surface area contributed by atoms with Gasteiger partial charge in [0.2, 0.25) is 5.91 Å². The number of amides is 2. The number of rotatable bonds is 5. The minimum absolute atomic E-state index is 0.0540. The summed E-state index contributed by atoms with van der Waals surface area (Å²) in [5, 5.41) is 24.1. The van der Waals surface area contributed by atoms with E-state index in [1.807, 2.05) is 6.92 Å². The summed E-state index contributed by atoms with van der Waals surface area (Å²) in [6, 6.07) is 3.24. The van der Waals surface area contributed by atoms with Gasteiger partial charge in [0.1, 0.15) is 11.9 Å². The van der Waals surface area contributed by atoms with Crippen molar-refractivity contribution in [1.82, 2.24) is 20.3 Å². The van der Waals surface area contributed by atoms with Crippen molar-refractivity contribution in [2.75, 3.05) is 18.5 Å². The molecule has 2 aromatic heterocycles. The number of anilines is 1. The summed E-state index contributed by atoms with van der Waals surface area (Å²) in [5.74, 6) is 0.805. The Labute approximate surface area is 185 Å². The lowest BCUT2D eigenvalue weighted by Gasteiger charge is -2.44. The topological polar surface area (TPSA) is 143 Å². The minimum atomic E-state index is -1.40. The molecule has 1 saturated carbocycles. The fourth-order valence-corrected chi connectivity index (χ4v) is 4.40. The number of aromatic amines is 1. The van der Waals surface area contributed by atoms with Crippen LogP contribution in [0.2, 0.25) is 0 Å². The molecule has 1 aliphatic carbocycles. The Bertz CT molecular complexity index is 970. The number of H-pyrrole nitrogens is 1. The van der Waals surface area contributed by atoms with Gasteiger partial charge in [0, 0.05) is 23.7 Å². The standard InChI is InChI=1S/C21H29N5O6/c1-12-6-16(32-25-12)8-19(27)22-18-9-17(23-24-18)14-4-5-15(7-14)31-20(28)26-13(2)10-30-11-21(26,3)29/h6,9,13-15,29H,4-5,7-8,10-11H2,1-3H3,(H2,22,23,24,27)/t13-,14-,15+,21?/m0/s1. The summed E-state index contributed by atoms with van der Waals surface area (Å²) in [6.45, 7) is 5.57. The predicted octanol–water partition coefficient (Wildman–Crippen LogP) is 2.09. The first-order chi connectivity index (χ1) is 15.2. The van der Waals surface area contributed by atoms with Crippen LogP contribution in [0.3, 0.4) is 0 Å². The highest BCUT2D eigenvalue weighted by Gasteiger charge is 2.43. The third-order valence-electron chi connectivity index (χ3n) is 5.86. The third kappa shape index (κ3) is 4.94. The molecule has 2 amide bonds.